The van der Waals surface area contributed by atoms with Crippen LogP contribution in [0.4, 0.5) is 0 Å². The minimum atomic E-state index is -0.303. The van der Waals surface area contributed by atoms with Crippen molar-refractivity contribution in [2.45, 2.75) is 13.3 Å². The van der Waals surface area contributed by atoms with Gasteiger partial charge in [-0.15, -0.1) is 0 Å². The zero-order valence-electron chi connectivity index (χ0n) is 8.19. The molecular weight excluding hydrogens is 180 g/mol. The zero-order valence-corrected chi connectivity index (χ0v) is 8.19. The third-order valence-corrected chi connectivity index (χ3v) is 1.82. The Balaban J connectivity index is 2.44. The summed E-state index contributed by atoms with van der Waals surface area (Å²) in [6.07, 6.45) is 0.264. The van der Waals surface area contributed by atoms with Gasteiger partial charge in [0.1, 0.15) is 6.61 Å². The van der Waals surface area contributed by atoms with Crippen LogP contribution in [0, 0.1) is 6.92 Å². The molecule has 1 aromatic carbocycles. The number of hydrogen-bond acceptors (Lipinski definition) is 3. The van der Waals surface area contributed by atoms with Crippen molar-refractivity contribution in [3.63, 3.8) is 0 Å². The number of hydrogen-bond donors (Lipinski definition) is 1. The molecule has 0 amide bonds. The summed E-state index contributed by atoms with van der Waals surface area (Å²) in [7, 11) is 0. The first kappa shape index (κ1) is 10.7. The van der Waals surface area contributed by atoms with Crippen LogP contribution in [-0.4, -0.2) is 24.3 Å². The van der Waals surface area contributed by atoms with Crippen LogP contribution in [0.1, 0.15) is 11.1 Å². The highest BCUT2D eigenvalue weighted by atomic mass is 16.5. The van der Waals surface area contributed by atoms with E-state index < -0.39 is 0 Å². The molecule has 0 spiro atoms. The van der Waals surface area contributed by atoms with Gasteiger partial charge in [-0.3, -0.25) is 4.79 Å². The van der Waals surface area contributed by atoms with E-state index >= 15 is 0 Å². The SMILES string of the molecule is Cc1ccc(CC(=O)OCCO)cc1. The Hall–Kier alpha value is -1.35. The van der Waals surface area contributed by atoms with E-state index in [0.29, 0.717) is 0 Å². The number of esters is 1. The van der Waals surface area contributed by atoms with Crippen LogP contribution in [0.5, 0.6) is 0 Å². The zero-order chi connectivity index (χ0) is 10.4. The van der Waals surface area contributed by atoms with Crippen LogP contribution in [0.15, 0.2) is 24.3 Å². The van der Waals surface area contributed by atoms with Crippen molar-refractivity contribution in [3.05, 3.63) is 35.4 Å². The second-order valence-corrected chi connectivity index (χ2v) is 3.11. The number of ether oxygens (including phenoxy) is 1. The van der Waals surface area contributed by atoms with Gasteiger partial charge in [0.25, 0.3) is 0 Å². The first-order chi connectivity index (χ1) is 6.72. The topological polar surface area (TPSA) is 46.5 Å². The van der Waals surface area contributed by atoms with Gasteiger partial charge in [0.2, 0.25) is 0 Å². The lowest BCUT2D eigenvalue weighted by Gasteiger charge is -2.02. The third-order valence-electron chi connectivity index (χ3n) is 1.82. The molecule has 0 atom stereocenters. The maximum Gasteiger partial charge on any atom is 0.310 e. The summed E-state index contributed by atoms with van der Waals surface area (Å²) in [5, 5.41) is 8.44. The Morgan fingerprint density at radius 1 is 1.36 bits per heavy atom. The summed E-state index contributed by atoms with van der Waals surface area (Å²) in [6, 6.07) is 7.70. The number of benzene rings is 1. The number of aliphatic hydroxyl groups excluding tert-OH is 1. The van der Waals surface area contributed by atoms with E-state index in [9.17, 15) is 4.79 Å². The molecule has 76 valence electrons. The molecule has 1 N–H and O–H groups in total. The number of carbonyl (C=O) groups is 1. The summed E-state index contributed by atoms with van der Waals surface area (Å²) < 4.78 is 4.74. The number of aryl methyl sites for hydroxylation is 1. The molecule has 0 saturated carbocycles. The third kappa shape index (κ3) is 3.58. The maximum atomic E-state index is 11.1. The van der Waals surface area contributed by atoms with Crippen LogP contribution in [0.2, 0.25) is 0 Å². The Kier molecular flexibility index (Phi) is 4.13. The Bertz CT molecular complexity index is 290. The van der Waals surface area contributed by atoms with Gasteiger partial charge in [0.05, 0.1) is 13.0 Å². The number of rotatable bonds is 4. The molecule has 0 aliphatic carbocycles. The standard InChI is InChI=1S/C11H14O3/c1-9-2-4-10(5-3-9)8-11(13)14-7-6-12/h2-5,12H,6-8H2,1H3. The lowest BCUT2D eigenvalue weighted by Crippen LogP contribution is -2.10. The van der Waals surface area contributed by atoms with Crippen LogP contribution in [0.25, 0.3) is 0 Å². The predicted molar refractivity (Wildman–Crippen MR) is 52.9 cm³/mol. The summed E-state index contributed by atoms with van der Waals surface area (Å²) in [4.78, 5) is 11.1. The van der Waals surface area contributed by atoms with Gasteiger partial charge in [-0.05, 0) is 12.5 Å². The van der Waals surface area contributed by atoms with Crippen molar-refractivity contribution >= 4 is 5.97 Å². The van der Waals surface area contributed by atoms with E-state index in [1.54, 1.807) is 0 Å². The highest BCUT2D eigenvalue weighted by Crippen LogP contribution is 2.04. The Labute approximate surface area is 83.3 Å². The van der Waals surface area contributed by atoms with Gasteiger partial charge in [-0.2, -0.15) is 0 Å². The molecule has 3 heteroatoms. The molecule has 0 aliphatic heterocycles. The van der Waals surface area contributed by atoms with Crippen molar-refractivity contribution < 1.29 is 14.6 Å². The molecule has 0 fully saturated rings. The Morgan fingerprint density at radius 3 is 2.57 bits per heavy atom. The van der Waals surface area contributed by atoms with Gasteiger partial charge >= 0.3 is 5.97 Å². The summed E-state index contributed by atoms with van der Waals surface area (Å²) >= 11 is 0. The summed E-state index contributed by atoms with van der Waals surface area (Å²) in [5.74, 6) is -0.303. The van der Waals surface area contributed by atoms with Crippen molar-refractivity contribution in [3.8, 4) is 0 Å². The first-order valence-corrected chi connectivity index (χ1v) is 4.54. The van der Waals surface area contributed by atoms with Crippen molar-refractivity contribution in [1.82, 2.24) is 0 Å². The monoisotopic (exact) mass is 194 g/mol. The average molecular weight is 194 g/mol. The van der Waals surface area contributed by atoms with E-state index in [-0.39, 0.29) is 25.6 Å². The molecule has 0 saturated heterocycles. The quantitative estimate of drug-likeness (QED) is 0.729. The largest absolute Gasteiger partial charge is 0.463 e. The fourth-order valence-electron chi connectivity index (χ4n) is 1.08. The van der Waals surface area contributed by atoms with Crippen LogP contribution < -0.4 is 0 Å². The van der Waals surface area contributed by atoms with Crippen molar-refractivity contribution in [2.75, 3.05) is 13.2 Å². The van der Waals surface area contributed by atoms with E-state index in [2.05, 4.69) is 0 Å². The van der Waals surface area contributed by atoms with E-state index in [1.807, 2.05) is 31.2 Å². The fourth-order valence-corrected chi connectivity index (χ4v) is 1.08. The lowest BCUT2D eigenvalue weighted by molar-refractivity contribution is -0.143. The van der Waals surface area contributed by atoms with E-state index in [0.717, 1.165) is 11.1 Å². The molecule has 0 radical (unpaired) electrons. The molecule has 14 heavy (non-hydrogen) atoms. The lowest BCUT2D eigenvalue weighted by atomic mass is 10.1. The van der Waals surface area contributed by atoms with E-state index in [4.69, 9.17) is 9.84 Å². The van der Waals surface area contributed by atoms with Gasteiger partial charge in [0, 0.05) is 0 Å². The smallest absolute Gasteiger partial charge is 0.310 e. The summed E-state index contributed by atoms with van der Waals surface area (Å²) in [6.45, 7) is 1.94. The van der Waals surface area contributed by atoms with E-state index in [1.165, 1.54) is 0 Å². The molecule has 0 unspecified atom stereocenters. The molecule has 0 heterocycles. The second kappa shape index (κ2) is 5.40. The second-order valence-electron chi connectivity index (χ2n) is 3.11. The molecule has 0 aromatic heterocycles. The minimum absolute atomic E-state index is 0.0741. The van der Waals surface area contributed by atoms with Gasteiger partial charge < -0.3 is 9.84 Å². The number of carbonyl (C=O) groups excluding carboxylic acids is 1. The van der Waals surface area contributed by atoms with Gasteiger partial charge in [-0.1, -0.05) is 29.8 Å². The molecule has 1 aromatic rings. The average Bonchev–Trinajstić information content (AvgIpc) is 2.18. The molecule has 0 bridgehead atoms. The highest BCUT2D eigenvalue weighted by Gasteiger charge is 2.03. The Morgan fingerprint density at radius 2 is 2.00 bits per heavy atom. The predicted octanol–water partition coefficient (Wildman–Crippen LogP) is 1.07. The van der Waals surface area contributed by atoms with Gasteiger partial charge in [-0.25, -0.2) is 0 Å². The molecule has 1 rings (SSSR count). The minimum Gasteiger partial charge on any atom is -0.463 e. The van der Waals surface area contributed by atoms with Crippen LogP contribution in [0.3, 0.4) is 0 Å². The van der Waals surface area contributed by atoms with Crippen molar-refractivity contribution in [2.24, 2.45) is 0 Å². The molecular formula is C11H14O3. The fraction of sp³-hybridized carbons (Fsp3) is 0.364. The maximum absolute atomic E-state index is 11.1. The van der Waals surface area contributed by atoms with Crippen molar-refractivity contribution in [1.29, 1.82) is 0 Å². The highest BCUT2D eigenvalue weighted by molar-refractivity contribution is 5.72. The first-order valence-electron chi connectivity index (χ1n) is 4.54. The van der Waals surface area contributed by atoms with Gasteiger partial charge in [0.15, 0.2) is 0 Å². The number of aliphatic hydroxyl groups is 1. The molecule has 3 nitrogen and oxygen atoms in total. The van der Waals surface area contributed by atoms with Crippen LogP contribution >= 0.6 is 0 Å². The normalized spacial score (nSPS) is 9.86. The molecule has 0 aliphatic rings. The summed E-state index contributed by atoms with van der Waals surface area (Å²) in [5.41, 5.74) is 2.09. The van der Waals surface area contributed by atoms with Crippen LogP contribution in [-0.2, 0) is 16.0 Å².